The molecule has 1 aliphatic rings. The van der Waals surface area contributed by atoms with Crippen LogP contribution in [0.3, 0.4) is 0 Å². The van der Waals surface area contributed by atoms with Crippen LogP contribution in [-0.4, -0.2) is 29.0 Å². The van der Waals surface area contributed by atoms with Gasteiger partial charge in [-0.1, -0.05) is 17.7 Å². The second kappa shape index (κ2) is 7.85. The van der Waals surface area contributed by atoms with Crippen LogP contribution in [0.25, 0.3) is 5.76 Å². The molecule has 3 aromatic rings. The molecule has 1 saturated heterocycles. The number of phenols is 1. The van der Waals surface area contributed by atoms with Crippen molar-refractivity contribution in [2.45, 2.75) is 13.0 Å². The third-order valence-electron chi connectivity index (χ3n) is 5.06. The highest BCUT2D eigenvalue weighted by Crippen LogP contribution is 2.46. The number of halogens is 1. The second-order valence-electron chi connectivity index (χ2n) is 7.02. The number of aliphatic hydroxyl groups is 1. The average Bonchev–Trinajstić information content (AvgIpc) is 3.36. The van der Waals surface area contributed by atoms with E-state index >= 15 is 0 Å². The molecule has 8 heteroatoms. The molecule has 1 fully saturated rings. The summed E-state index contributed by atoms with van der Waals surface area (Å²) in [4.78, 5) is 27.3. The number of rotatable bonds is 4. The highest BCUT2D eigenvalue weighted by molar-refractivity contribution is 6.52. The maximum atomic E-state index is 13.1. The molecule has 31 heavy (non-hydrogen) atoms. The Bertz CT molecular complexity index is 1210. The number of phenolic OH excluding ortho intramolecular Hbond substituents is 1. The van der Waals surface area contributed by atoms with Gasteiger partial charge in [0.15, 0.2) is 0 Å². The first-order chi connectivity index (χ1) is 14.8. The molecule has 0 saturated carbocycles. The molecule has 2 aromatic carbocycles. The van der Waals surface area contributed by atoms with Crippen LogP contribution >= 0.6 is 11.6 Å². The number of aliphatic hydroxyl groups excluding tert-OH is 1. The standard InChI is InChI=1S/C23H18ClNO6/c1-12-5-7-16(26)15(10-12)25-20(18-4-3-9-31-18)19(22(28)23(25)29)21(27)14-11-13(24)6-8-17(14)30-2/h3-11,20,26-27H,1-2H3/b21-19-. The number of hydrogen-bond donors (Lipinski definition) is 2. The van der Waals surface area contributed by atoms with Gasteiger partial charge in [-0.2, -0.15) is 0 Å². The Kier molecular flexibility index (Phi) is 5.20. The van der Waals surface area contributed by atoms with E-state index in [0.717, 1.165) is 10.5 Å². The molecular formula is C23H18ClNO6. The number of Topliss-reactive ketones (excluding diaryl/α,β-unsaturated/α-hetero) is 1. The fraction of sp³-hybridized carbons (Fsp3) is 0.130. The molecule has 1 atom stereocenters. The number of ether oxygens (including phenoxy) is 1. The maximum absolute atomic E-state index is 13.1. The molecule has 4 rings (SSSR count). The van der Waals surface area contributed by atoms with Crippen molar-refractivity contribution in [3.63, 3.8) is 0 Å². The predicted molar refractivity (Wildman–Crippen MR) is 114 cm³/mol. The van der Waals surface area contributed by atoms with E-state index in [2.05, 4.69) is 0 Å². The van der Waals surface area contributed by atoms with Crippen molar-refractivity contribution in [2.75, 3.05) is 12.0 Å². The highest BCUT2D eigenvalue weighted by Gasteiger charge is 2.49. The zero-order valence-corrected chi connectivity index (χ0v) is 17.4. The van der Waals surface area contributed by atoms with Gasteiger partial charge in [-0.25, -0.2) is 0 Å². The number of benzene rings is 2. The van der Waals surface area contributed by atoms with Gasteiger partial charge in [-0.05, 0) is 55.0 Å². The summed E-state index contributed by atoms with van der Waals surface area (Å²) in [6, 6.07) is 11.3. The molecule has 0 spiro atoms. The van der Waals surface area contributed by atoms with Crippen molar-refractivity contribution < 1.29 is 29.0 Å². The van der Waals surface area contributed by atoms with Gasteiger partial charge < -0.3 is 19.4 Å². The lowest BCUT2D eigenvalue weighted by molar-refractivity contribution is -0.132. The highest BCUT2D eigenvalue weighted by atomic mass is 35.5. The average molecular weight is 440 g/mol. The fourth-order valence-corrected chi connectivity index (χ4v) is 3.81. The third-order valence-corrected chi connectivity index (χ3v) is 5.30. The Hall–Kier alpha value is -3.71. The Morgan fingerprint density at radius 2 is 1.94 bits per heavy atom. The molecule has 158 valence electrons. The molecular weight excluding hydrogens is 422 g/mol. The van der Waals surface area contributed by atoms with Crippen LogP contribution in [0.1, 0.15) is 22.9 Å². The summed E-state index contributed by atoms with van der Waals surface area (Å²) in [5.74, 6) is -1.99. The molecule has 0 bridgehead atoms. The van der Waals surface area contributed by atoms with Crippen LogP contribution in [-0.2, 0) is 9.59 Å². The molecule has 2 heterocycles. The largest absolute Gasteiger partial charge is 0.507 e. The summed E-state index contributed by atoms with van der Waals surface area (Å²) in [5.41, 5.74) is 0.837. The van der Waals surface area contributed by atoms with Gasteiger partial charge >= 0.3 is 0 Å². The summed E-state index contributed by atoms with van der Waals surface area (Å²) < 4.78 is 10.8. The summed E-state index contributed by atoms with van der Waals surface area (Å²) in [6.45, 7) is 1.79. The zero-order chi connectivity index (χ0) is 22.3. The van der Waals surface area contributed by atoms with Gasteiger partial charge in [-0.3, -0.25) is 14.5 Å². The number of anilines is 1. The lowest BCUT2D eigenvalue weighted by atomic mass is 9.98. The smallest absolute Gasteiger partial charge is 0.300 e. The Morgan fingerprint density at radius 1 is 1.16 bits per heavy atom. The zero-order valence-electron chi connectivity index (χ0n) is 16.6. The summed E-state index contributed by atoms with van der Waals surface area (Å²) >= 11 is 6.09. The van der Waals surface area contributed by atoms with Crippen LogP contribution in [0.5, 0.6) is 11.5 Å². The van der Waals surface area contributed by atoms with Gasteiger partial charge in [0.1, 0.15) is 29.1 Å². The molecule has 7 nitrogen and oxygen atoms in total. The number of aryl methyl sites for hydroxylation is 1. The van der Waals surface area contributed by atoms with E-state index in [-0.39, 0.29) is 34.1 Å². The molecule has 0 aliphatic carbocycles. The first kappa shape index (κ1) is 20.6. The molecule has 1 aliphatic heterocycles. The molecule has 1 aromatic heterocycles. The van der Waals surface area contributed by atoms with Gasteiger partial charge in [-0.15, -0.1) is 0 Å². The number of carbonyl (C=O) groups is 2. The van der Waals surface area contributed by atoms with E-state index < -0.39 is 23.5 Å². The van der Waals surface area contributed by atoms with Crippen LogP contribution < -0.4 is 9.64 Å². The summed E-state index contributed by atoms with van der Waals surface area (Å²) in [6.07, 6.45) is 1.39. The SMILES string of the molecule is COc1ccc(Cl)cc1/C(O)=C1/C(=O)C(=O)N(c2cc(C)ccc2O)C1c1ccco1. The molecule has 2 N–H and O–H groups in total. The van der Waals surface area contributed by atoms with Crippen LogP contribution in [0.4, 0.5) is 5.69 Å². The Labute approximate surface area is 182 Å². The van der Waals surface area contributed by atoms with Gasteiger partial charge in [0.2, 0.25) is 0 Å². The van der Waals surface area contributed by atoms with Crippen LogP contribution in [0, 0.1) is 6.92 Å². The minimum atomic E-state index is -1.11. The monoisotopic (exact) mass is 439 g/mol. The number of nitrogens with zero attached hydrogens (tertiary/aromatic N) is 1. The van der Waals surface area contributed by atoms with Crippen LogP contribution in [0.15, 0.2) is 64.8 Å². The van der Waals surface area contributed by atoms with Crippen molar-refractivity contribution in [1.82, 2.24) is 0 Å². The van der Waals surface area contributed by atoms with Crippen LogP contribution in [0.2, 0.25) is 5.02 Å². The predicted octanol–water partition coefficient (Wildman–Crippen LogP) is 4.58. The third kappa shape index (κ3) is 3.43. The summed E-state index contributed by atoms with van der Waals surface area (Å²) in [7, 11) is 1.41. The van der Waals surface area contributed by atoms with E-state index in [0.29, 0.717) is 5.02 Å². The second-order valence-corrected chi connectivity index (χ2v) is 7.46. The molecule has 0 radical (unpaired) electrons. The first-order valence-electron chi connectivity index (χ1n) is 9.31. The molecule has 1 amide bonds. The van der Waals surface area contributed by atoms with Crippen molar-refractivity contribution in [1.29, 1.82) is 0 Å². The van der Waals surface area contributed by atoms with E-state index in [1.165, 1.54) is 25.5 Å². The van der Waals surface area contributed by atoms with Gasteiger partial charge in [0.25, 0.3) is 11.7 Å². The van der Waals surface area contributed by atoms with Gasteiger partial charge in [0, 0.05) is 5.02 Å². The van der Waals surface area contributed by atoms with Gasteiger partial charge in [0.05, 0.1) is 30.2 Å². The fourth-order valence-electron chi connectivity index (χ4n) is 3.63. The summed E-state index contributed by atoms with van der Waals surface area (Å²) in [5, 5.41) is 21.9. The van der Waals surface area contributed by atoms with Crippen molar-refractivity contribution in [2.24, 2.45) is 0 Å². The van der Waals surface area contributed by atoms with E-state index in [1.807, 2.05) is 0 Å². The van der Waals surface area contributed by atoms with Crippen molar-refractivity contribution >= 4 is 34.7 Å². The Balaban J connectivity index is 1.99. The quantitative estimate of drug-likeness (QED) is 0.350. The lowest BCUT2D eigenvalue weighted by Crippen LogP contribution is -2.29. The number of aromatic hydroxyl groups is 1. The van der Waals surface area contributed by atoms with Crippen molar-refractivity contribution in [3.05, 3.63) is 82.3 Å². The number of amides is 1. The lowest BCUT2D eigenvalue weighted by Gasteiger charge is -2.24. The van der Waals surface area contributed by atoms with Crippen molar-refractivity contribution in [3.8, 4) is 11.5 Å². The first-order valence-corrected chi connectivity index (χ1v) is 9.69. The topological polar surface area (TPSA) is 100 Å². The number of hydrogen-bond acceptors (Lipinski definition) is 6. The number of furan rings is 1. The number of methoxy groups -OCH3 is 1. The van der Waals surface area contributed by atoms with E-state index in [9.17, 15) is 19.8 Å². The minimum absolute atomic E-state index is 0.126. The molecule has 1 unspecified atom stereocenters. The number of carbonyl (C=O) groups excluding carboxylic acids is 2. The normalized spacial score (nSPS) is 17.9. The Morgan fingerprint density at radius 3 is 2.61 bits per heavy atom. The van der Waals surface area contributed by atoms with E-state index in [4.69, 9.17) is 20.8 Å². The van der Waals surface area contributed by atoms with E-state index in [1.54, 1.807) is 43.3 Å². The maximum Gasteiger partial charge on any atom is 0.300 e. The minimum Gasteiger partial charge on any atom is -0.507 e. The number of ketones is 1.